The third kappa shape index (κ3) is 7.59. The Morgan fingerprint density at radius 3 is 2.42 bits per heavy atom. The molecule has 2 rings (SSSR count). The minimum absolute atomic E-state index is 0.106. The highest BCUT2D eigenvalue weighted by molar-refractivity contribution is 7.89. The SMILES string of the molecule is CC(C)C[C@@](Cc1ccccc1)(NC(=O)CCS(=O)(=O)N1CCCN(C)CC1)C(N)=O. The van der Waals surface area contributed by atoms with Crippen LogP contribution in [0.3, 0.4) is 0 Å². The van der Waals surface area contributed by atoms with Gasteiger partial charge in [-0.05, 0) is 37.9 Å². The molecule has 1 aromatic rings. The lowest BCUT2D eigenvalue weighted by molar-refractivity contribution is -0.132. The molecule has 1 aliphatic heterocycles. The van der Waals surface area contributed by atoms with Crippen molar-refractivity contribution in [2.75, 3.05) is 39.0 Å². The van der Waals surface area contributed by atoms with Crippen molar-refractivity contribution in [1.82, 2.24) is 14.5 Å². The summed E-state index contributed by atoms with van der Waals surface area (Å²) in [5.41, 5.74) is 5.38. The molecule has 1 atom stereocenters. The standard InChI is InChI=1S/C22H36N4O4S/c1-18(2)16-22(21(23)28,17-19-8-5-4-6-9-19)24-20(27)10-15-31(29,30)26-12-7-11-25(3)13-14-26/h4-6,8-9,18H,7,10-17H2,1-3H3,(H2,23,28)(H,24,27)/t22-/m0/s1. The normalized spacial score (nSPS) is 18.3. The van der Waals surface area contributed by atoms with E-state index in [-0.39, 0.29) is 24.5 Å². The summed E-state index contributed by atoms with van der Waals surface area (Å²) < 4.78 is 27.0. The van der Waals surface area contributed by atoms with Crippen LogP contribution in [0.1, 0.15) is 38.7 Å². The molecule has 0 bridgehead atoms. The lowest BCUT2D eigenvalue weighted by atomic mass is 9.82. The van der Waals surface area contributed by atoms with E-state index in [1.165, 1.54) is 4.31 Å². The van der Waals surface area contributed by atoms with Gasteiger partial charge in [0, 0.05) is 32.5 Å². The molecule has 2 amide bonds. The van der Waals surface area contributed by atoms with Gasteiger partial charge in [0.25, 0.3) is 0 Å². The lowest BCUT2D eigenvalue weighted by Crippen LogP contribution is -2.59. The van der Waals surface area contributed by atoms with Crippen LogP contribution in [-0.4, -0.2) is 74.0 Å². The highest BCUT2D eigenvalue weighted by Gasteiger charge is 2.39. The number of carbonyl (C=O) groups is 2. The van der Waals surface area contributed by atoms with E-state index in [1.54, 1.807) is 0 Å². The molecule has 3 N–H and O–H groups in total. The Morgan fingerprint density at radius 1 is 1.13 bits per heavy atom. The summed E-state index contributed by atoms with van der Waals surface area (Å²) in [6, 6.07) is 9.37. The number of hydrogen-bond donors (Lipinski definition) is 2. The molecule has 0 radical (unpaired) electrons. The Kier molecular flexibility index (Phi) is 9.02. The maximum absolute atomic E-state index is 12.8. The second kappa shape index (κ2) is 11.1. The number of amides is 2. The molecule has 1 aromatic carbocycles. The van der Waals surface area contributed by atoms with Crippen LogP contribution in [0.4, 0.5) is 0 Å². The number of nitrogens with zero attached hydrogens (tertiary/aromatic N) is 2. The highest BCUT2D eigenvalue weighted by Crippen LogP contribution is 2.23. The van der Waals surface area contributed by atoms with Crippen LogP contribution in [0.5, 0.6) is 0 Å². The van der Waals surface area contributed by atoms with Crippen molar-refractivity contribution in [2.24, 2.45) is 11.7 Å². The third-order valence-electron chi connectivity index (χ3n) is 5.61. The van der Waals surface area contributed by atoms with E-state index in [9.17, 15) is 18.0 Å². The summed E-state index contributed by atoms with van der Waals surface area (Å²) in [4.78, 5) is 27.4. The van der Waals surface area contributed by atoms with Gasteiger partial charge >= 0.3 is 0 Å². The number of rotatable bonds is 10. The maximum Gasteiger partial charge on any atom is 0.243 e. The first kappa shape index (κ1) is 25.3. The molecule has 0 saturated carbocycles. The third-order valence-corrected chi connectivity index (χ3v) is 7.49. The van der Waals surface area contributed by atoms with E-state index < -0.39 is 27.4 Å². The van der Waals surface area contributed by atoms with Gasteiger partial charge in [-0.2, -0.15) is 0 Å². The first-order chi connectivity index (χ1) is 14.5. The van der Waals surface area contributed by atoms with Crippen molar-refractivity contribution in [1.29, 1.82) is 0 Å². The van der Waals surface area contributed by atoms with Crippen molar-refractivity contribution >= 4 is 21.8 Å². The lowest BCUT2D eigenvalue weighted by Gasteiger charge is -2.33. The average molecular weight is 453 g/mol. The van der Waals surface area contributed by atoms with Gasteiger partial charge in [0.1, 0.15) is 5.54 Å². The van der Waals surface area contributed by atoms with Crippen LogP contribution < -0.4 is 11.1 Å². The summed E-state index contributed by atoms with van der Waals surface area (Å²) in [5, 5.41) is 2.80. The van der Waals surface area contributed by atoms with Gasteiger partial charge < -0.3 is 16.0 Å². The zero-order chi connectivity index (χ0) is 23.1. The smallest absolute Gasteiger partial charge is 0.243 e. The predicted molar refractivity (Wildman–Crippen MR) is 122 cm³/mol. The summed E-state index contributed by atoms with van der Waals surface area (Å²) >= 11 is 0. The highest BCUT2D eigenvalue weighted by atomic mass is 32.2. The number of hydrogen-bond acceptors (Lipinski definition) is 5. The molecule has 0 aliphatic carbocycles. The fourth-order valence-corrected chi connectivity index (χ4v) is 5.51. The molecular weight excluding hydrogens is 416 g/mol. The Hall–Kier alpha value is -1.97. The maximum atomic E-state index is 12.8. The van der Waals surface area contributed by atoms with Crippen molar-refractivity contribution in [3.05, 3.63) is 35.9 Å². The van der Waals surface area contributed by atoms with Gasteiger partial charge in [-0.15, -0.1) is 0 Å². The number of carbonyl (C=O) groups excluding carboxylic acids is 2. The average Bonchev–Trinajstić information content (AvgIpc) is 2.91. The predicted octanol–water partition coefficient (Wildman–Crippen LogP) is 0.973. The van der Waals surface area contributed by atoms with Crippen LogP contribution in [0.25, 0.3) is 0 Å². The first-order valence-electron chi connectivity index (χ1n) is 10.9. The van der Waals surface area contributed by atoms with E-state index >= 15 is 0 Å². The van der Waals surface area contributed by atoms with E-state index in [0.29, 0.717) is 26.1 Å². The van der Waals surface area contributed by atoms with Crippen LogP contribution in [-0.2, 0) is 26.0 Å². The van der Waals surface area contributed by atoms with Crippen molar-refractivity contribution < 1.29 is 18.0 Å². The van der Waals surface area contributed by atoms with Crippen molar-refractivity contribution in [2.45, 2.75) is 45.1 Å². The zero-order valence-electron chi connectivity index (χ0n) is 18.8. The number of likely N-dealkylation sites (N-methyl/N-ethyl adjacent to an activating group) is 1. The molecular formula is C22H36N4O4S. The number of nitrogens with two attached hydrogens (primary N) is 1. The van der Waals surface area contributed by atoms with Gasteiger partial charge in [-0.1, -0.05) is 44.2 Å². The molecule has 8 nitrogen and oxygen atoms in total. The fraction of sp³-hybridized carbons (Fsp3) is 0.636. The monoisotopic (exact) mass is 452 g/mol. The molecule has 0 aromatic heterocycles. The van der Waals surface area contributed by atoms with E-state index in [2.05, 4.69) is 10.2 Å². The number of nitrogens with one attached hydrogen (secondary N) is 1. The summed E-state index contributed by atoms with van der Waals surface area (Å²) in [6.45, 7) is 6.31. The summed E-state index contributed by atoms with van der Waals surface area (Å²) in [6.07, 6.45) is 1.18. The second-order valence-electron chi connectivity index (χ2n) is 8.88. The van der Waals surface area contributed by atoms with Gasteiger partial charge in [-0.3, -0.25) is 9.59 Å². The molecule has 1 fully saturated rings. The van der Waals surface area contributed by atoms with Crippen LogP contribution in [0.2, 0.25) is 0 Å². The minimum atomic E-state index is -3.55. The first-order valence-corrected chi connectivity index (χ1v) is 12.5. The number of benzene rings is 1. The summed E-state index contributed by atoms with van der Waals surface area (Å²) in [5.74, 6) is -1.28. The van der Waals surface area contributed by atoms with E-state index in [0.717, 1.165) is 18.5 Å². The quantitative estimate of drug-likeness (QED) is 0.549. The van der Waals surface area contributed by atoms with Gasteiger partial charge in [-0.25, -0.2) is 12.7 Å². The second-order valence-corrected chi connectivity index (χ2v) is 11.0. The fourth-order valence-electron chi connectivity index (χ4n) is 4.04. The molecule has 174 valence electrons. The van der Waals surface area contributed by atoms with E-state index in [4.69, 9.17) is 5.73 Å². The van der Waals surface area contributed by atoms with Crippen LogP contribution in [0.15, 0.2) is 30.3 Å². The molecule has 1 aliphatic rings. The topological polar surface area (TPSA) is 113 Å². The molecule has 9 heteroatoms. The Balaban J connectivity index is 2.09. The molecule has 1 heterocycles. The number of primary amides is 1. The van der Waals surface area contributed by atoms with Gasteiger partial charge in [0.15, 0.2) is 0 Å². The minimum Gasteiger partial charge on any atom is -0.368 e. The van der Waals surface area contributed by atoms with Gasteiger partial charge in [0.2, 0.25) is 21.8 Å². The van der Waals surface area contributed by atoms with E-state index in [1.807, 2.05) is 51.2 Å². The molecule has 0 unspecified atom stereocenters. The van der Waals surface area contributed by atoms with Crippen molar-refractivity contribution in [3.8, 4) is 0 Å². The van der Waals surface area contributed by atoms with Crippen LogP contribution in [0, 0.1) is 5.92 Å². The van der Waals surface area contributed by atoms with Crippen LogP contribution >= 0.6 is 0 Å². The van der Waals surface area contributed by atoms with Gasteiger partial charge in [0.05, 0.1) is 5.75 Å². The summed E-state index contributed by atoms with van der Waals surface area (Å²) in [7, 11) is -1.59. The largest absolute Gasteiger partial charge is 0.368 e. The van der Waals surface area contributed by atoms with Crippen molar-refractivity contribution in [3.63, 3.8) is 0 Å². The Labute approximate surface area is 186 Å². The molecule has 31 heavy (non-hydrogen) atoms. The molecule has 0 spiro atoms. The Morgan fingerprint density at radius 2 is 1.81 bits per heavy atom. The molecule has 1 saturated heterocycles. The zero-order valence-corrected chi connectivity index (χ0v) is 19.7. The number of sulfonamides is 1. The Bertz CT molecular complexity index is 844.